The molecule has 6 nitrogen and oxygen atoms in total. The maximum atomic E-state index is 12.2. The predicted molar refractivity (Wildman–Crippen MR) is 121 cm³/mol. The van der Waals surface area contributed by atoms with Gasteiger partial charge < -0.3 is 14.2 Å². The van der Waals surface area contributed by atoms with Gasteiger partial charge in [0.05, 0.1) is 31.0 Å². The van der Waals surface area contributed by atoms with Crippen LogP contribution in [0.3, 0.4) is 0 Å². The number of aromatic nitrogens is 2. The number of pyridine rings is 1. The van der Waals surface area contributed by atoms with Crippen LogP contribution in [-0.4, -0.2) is 30.2 Å². The molecule has 2 aromatic heterocycles. The summed E-state index contributed by atoms with van der Waals surface area (Å²) in [5, 5.41) is 3.64. The van der Waals surface area contributed by atoms with Crippen LogP contribution in [-0.2, 0) is 16.1 Å². The fourth-order valence-corrected chi connectivity index (χ4v) is 3.99. The molecule has 0 bridgehead atoms. The highest BCUT2D eigenvalue weighted by atomic mass is 32.1. The molecule has 4 aromatic rings. The Morgan fingerprint density at radius 2 is 1.90 bits per heavy atom. The molecule has 0 aliphatic heterocycles. The second-order valence-corrected chi connectivity index (χ2v) is 7.41. The number of benzene rings is 2. The molecule has 156 valence electrons. The van der Waals surface area contributed by atoms with Crippen molar-refractivity contribution in [3.05, 3.63) is 77.4 Å². The monoisotopic (exact) mass is 432 g/mol. The van der Waals surface area contributed by atoms with Gasteiger partial charge in [-0.05, 0) is 24.3 Å². The lowest BCUT2D eigenvalue weighted by Gasteiger charge is -2.10. The summed E-state index contributed by atoms with van der Waals surface area (Å²) in [4.78, 5) is 21.1. The van der Waals surface area contributed by atoms with Gasteiger partial charge in [-0.2, -0.15) is 0 Å². The van der Waals surface area contributed by atoms with Gasteiger partial charge in [0, 0.05) is 28.6 Å². The van der Waals surface area contributed by atoms with Crippen LogP contribution in [0.5, 0.6) is 11.5 Å². The molecule has 0 saturated carbocycles. The Balaban J connectivity index is 1.43. The van der Waals surface area contributed by atoms with Crippen LogP contribution in [0.4, 0.5) is 0 Å². The molecule has 0 N–H and O–H groups in total. The predicted octanol–water partition coefficient (Wildman–Crippen LogP) is 5.13. The van der Waals surface area contributed by atoms with Crippen molar-refractivity contribution in [1.82, 2.24) is 9.97 Å². The molecule has 31 heavy (non-hydrogen) atoms. The maximum absolute atomic E-state index is 12.2. The molecule has 0 unspecified atom stereocenters. The zero-order chi connectivity index (χ0) is 21.6. The number of carbonyl (C=O) groups is 1. The summed E-state index contributed by atoms with van der Waals surface area (Å²) >= 11 is 1.45. The molecule has 7 heteroatoms. The van der Waals surface area contributed by atoms with Crippen LogP contribution in [0.1, 0.15) is 11.3 Å². The Hall–Kier alpha value is -3.71. The van der Waals surface area contributed by atoms with Gasteiger partial charge in [-0.1, -0.05) is 30.3 Å². The minimum absolute atomic E-state index is 0.0831. The number of hydrogen-bond donors (Lipinski definition) is 0. The second-order valence-electron chi connectivity index (χ2n) is 6.55. The normalized spacial score (nSPS) is 11.0. The molecule has 2 aromatic carbocycles. The first-order valence-corrected chi connectivity index (χ1v) is 10.4. The SMILES string of the molecule is COc1cccc(-c2nc(COC(=O)/C=C/c3cccc4cccnc34)cs2)c1OC. The number of carbonyl (C=O) groups excluding carboxylic acids is 1. The number of ether oxygens (including phenoxy) is 3. The van der Waals surface area contributed by atoms with Crippen LogP contribution in [0.25, 0.3) is 27.6 Å². The van der Waals surface area contributed by atoms with Crippen molar-refractivity contribution in [2.75, 3.05) is 14.2 Å². The Morgan fingerprint density at radius 3 is 2.74 bits per heavy atom. The lowest BCUT2D eigenvalue weighted by molar-refractivity contribution is -0.139. The van der Waals surface area contributed by atoms with E-state index in [1.807, 2.05) is 53.9 Å². The summed E-state index contributed by atoms with van der Waals surface area (Å²) in [5.41, 5.74) is 3.19. The fraction of sp³-hybridized carbons (Fsp3) is 0.125. The van der Waals surface area contributed by atoms with E-state index in [2.05, 4.69) is 9.97 Å². The Morgan fingerprint density at radius 1 is 1.06 bits per heavy atom. The highest BCUT2D eigenvalue weighted by molar-refractivity contribution is 7.13. The van der Waals surface area contributed by atoms with E-state index >= 15 is 0 Å². The van der Waals surface area contributed by atoms with Gasteiger partial charge >= 0.3 is 5.97 Å². The first-order chi connectivity index (χ1) is 15.2. The quantitative estimate of drug-likeness (QED) is 0.298. The van der Waals surface area contributed by atoms with Gasteiger partial charge in [0.15, 0.2) is 11.5 Å². The zero-order valence-corrected chi connectivity index (χ0v) is 17.9. The largest absolute Gasteiger partial charge is 0.493 e. The number of fused-ring (bicyclic) bond motifs is 1. The number of para-hydroxylation sites is 2. The highest BCUT2D eigenvalue weighted by Crippen LogP contribution is 2.39. The fourth-order valence-electron chi connectivity index (χ4n) is 3.17. The third-order valence-electron chi connectivity index (χ3n) is 4.61. The highest BCUT2D eigenvalue weighted by Gasteiger charge is 2.15. The molecule has 0 saturated heterocycles. The van der Waals surface area contributed by atoms with Crippen molar-refractivity contribution in [1.29, 1.82) is 0 Å². The van der Waals surface area contributed by atoms with Gasteiger partial charge in [0.1, 0.15) is 11.6 Å². The summed E-state index contributed by atoms with van der Waals surface area (Å²) in [6.45, 7) is 0.0831. The van der Waals surface area contributed by atoms with E-state index in [0.29, 0.717) is 17.2 Å². The number of thiazole rings is 1. The van der Waals surface area contributed by atoms with E-state index in [-0.39, 0.29) is 6.61 Å². The molecule has 0 amide bonds. The average molecular weight is 433 g/mol. The summed E-state index contributed by atoms with van der Waals surface area (Å²) in [5.74, 6) is 0.812. The average Bonchev–Trinajstić information content (AvgIpc) is 3.29. The van der Waals surface area contributed by atoms with Crippen molar-refractivity contribution in [2.24, 2.45) is 0 Å². The van der Waals surface area contributed by atoms with Gasteiger partial charge in [-0.25, -0.2) is 9.78 Å². The van der Waals surface area contributed by atoms with Gasteiger partial charge in [0.2, 0.25) is 0 Å². The van der Waals surface area contributed by atoms with Crippen LogP contribution >= 0.6 is 11.3 Å². The Kier molecular flexibility index (Phi) is 6.24. The van der Waals surface area contributed by atoms with Crippen LogP contribution < -0.4 is 9.47 Å². The summed E-state index contributed by atoms with van der Waals surface area (Å²) < 4.78 is 16.2. The molecule has 2 heterocycles. The van der Waals surface area contributed by atoms with Gasteiger partial charge in [-0.3, -0.25) is 4.98 Å². The lowest BCUT2D eigenvalue weighted by Crippen LogP contribution is -2.01. The number of hydrogen-bond acceptors (Lipinski definition) is 7. The number of esters is 1. The Labute approximate surface area is 183 Å². The minimum atomic E-state index is -0.443. The van der Waals surface area contributed by atoms with E-state index < -0.39 is 5.97 Å². The van der Waals surface area contributed by atoms with Crippen molar-refractivity contribution >= 4 is 34.3 Å². The number of methoxy groups -OCH3 is 2. The summed E-state index contributed by atoms with van der Waals surface area (Å²) in [6, 6.07) is 15.3. The summed E-state index contributed by atoms with van der Waals surface area (Å²) in [7, 11) is 3.19. The molecule has 0 radical (unpaired) electrons. The molecule has 0 atom stereocenters. The van der Waals surface area contributed by atoms with Gasteiger partial charge in [-0.15, -0.1) is 11.3 Å². The molecule has 0 aliphatic carbocycles. The third-order valence-corrected chi connectivity index (χ3v) is 5.53. The van der Waals surface area contributed by atoms with Crippen molar-refractivity contribution in [3.63, 3.8) is 0 Å². The van der Waals surface area contributed by atoms with E-state index in [9.17, 15) is 4.79 Å². The number of nitrogens with zero attached hydrogens (tertiary/aromatic N) is 2. The molecular formula is C24H20N2O4S. The zero-order valence-electron chi connectivity index (χ0n) is 17.1. The molecule has 4 rings (SSSR count). The van der Waals surface area contributed by atoms with E-state index in [4.69, 9.17) is 14.2 Å². The van der Waals surface area contributed by atoms with Crippen LogP contribution in [0.2, 0.25) is 0 Å². The van der Waals surface area contributed by atoms with Crippen LogP contribution in [0.15, 0.2) is 66.2 Å². The first-order valence-electron chi connectivity index (χ1n) is 9.54. The topological polar surface area (TPSA) is 70.5 Å². The van der Waals surface area contributed by atoms with Crippen molar-refractivity contribution in [3.8, 4) is 22.1 Å². The standard InChI is InChI=1S/C24H20N2O4S/c1-28-20-10-4-9-19(23(20)29-2)24-26-18(15-31-24)14-30-21(27)12-11-17-7-3-6-16-8-5-13-25-22(16)17/h3-13,15H,14H2,1-2H3/b12-11+. The third kappa shape index (κ3) is 4.57. The van der Waals surface area contributed by atoms with Crippen molar-refractivity contribution in [2.45, 2.75) is 6.61 Å². The lowest BCUT2D eigenvalue weighted by atomic mass is 10.1. The second kappa shape index (κ2) is 9.40. The van der Waals surface area contributed by atoms with Gasteiger partial charge in [0.25, 0.3) is 0 Å². The Bertz CT molecular complexity index is 1240. The maximum Gasteiger partial charge on any atom is 0.331 e. The molecule has 0 spiro atoms. The molecular weight excluding hydrogens is 412 g/mol. The van der Waals surface area contributed by atoms with Crippen molar-refractivity contribution < 1.29 is 19.0 Å². The van der Waals surface area contributed by atoms with Crippen LogP contribution in [0, 0.1) is 0 Å². The smallest absolute Gasteiger partial charge is 0.331 e. The summed E-state index contributed by atoms with van der Waals surface area (Å²) in [6.07, 6.45) is 4.85. The van der Waals surface area contributed by atoms with E-state index in [0.717, 1.165) is 27.0 Å². The van der Waals surface area contributed by atoms with E-state index in [1.54, 1.807) is 26.5 Å². The first kappa shape index (κ1) is 20.6. The number of rotatable bonds is 7. The molecule has 0 aliphatic rings. The molecule has 0 fully saturated rings. The van der Waals surface area contributed by atoms with E-state index in [1.165, 1.54) is 17.4 Å². The minimum Gasteiger partial charge on any atom is -0.493 e.